The van der Waals surface area contributed by atoms with E-state index in [-0.39, 0.29) is 18.5 Å². The molecule has 1 aromatic heterocycles. The summed E-state index contributed by atoms with van der Waals surface area (Å²) in [5, 5.41) is 3.17. The van der Waals surface area contributed by atoms with Gasteiger partial charge in [0.05, 0.1) is 26.9 Å². The van der Waals surface area contributed by atoms with Crippen molar-refractivity contribution in [2.75, 3.05) is 18.5 Å². The van der Waals surface area contributed by atoms with Gasteiger partial charge in [0.2, 0.25) is 0 Å². The molecule has 0 radical (unpaired) electrons. The Morgan fingerprint density at radius 2 is 2.00 bits per heavy atom. The van der Waals surface area contributed by atoms with Crippen molar-refractivity contribution in [3.63, 3.8) is 0 Å². The summed E-state index contributed by atoms with van der Waals surface area (Å²) in [6.07, 6.45) is 0. The first kappa shape index (κ1) is 20.8. The van der Waals surface area contributed by atoms with Gasteiger partial charge in [-0.15, -0.1) is 0 Å². The van der Waals surface area contributed by atoms with Crippen molar-refractivity contribution in [1.82, 2.24) is 4.98 Å². The summed E-state index contributed by atoms with van der Waals surface area (Å²) < 4.78 is 13.1. The van der Waals surface area contributed by atoms with Crippen LogP contribution in [0.4, 0.5) is 5.13 Å². The summed E-state index contributed by atoms with van der Waals surface area (Å²) in [6.45, 7) is 3.82. The van der Waals surface area contributed by atoms with Gasteiger partial charge in [-0.1, -0.05) is 27.3 Å². The number of thiazole rings is 1. The lowest BCUT2D eigenvalue weighted by molar-refractivity contribution is -0.118. The van der Waals surface area contributed by atoms with Gasteiger partial charge in [0.15, 0.2) is 11.7 Å². The summed E-state index contributed by atoms with van der Waals surface area (Å²) in [5.74, 6) is -0.0900. The summed E-state index contributed by atoms with van der Waals surface area (Å²) in [4.78, 5) is 28.4. The van der Waals surface area contributed by atoms with Crippen LogP contribution < -0.4 is 10.1 Å². The third-order valence-electron chi connectivity index (χ3n) is 3.69. The van der Waals surface area contributed by atoms with Gasteiger partial charge in [-0.05, 0) is 65.7 Å². The molecule has 0 saturated carbocycles. The number of ether oxygens (including phenoxy) is 2. The van der Waals surface area contributed by atoms with Gasteiger partial charge >= 0.3 is 5.97 Å². The molecule has 0 saturated heterocycles. The number of carbonyl (C=O) groups excluding carboxylic acids is 2. The zero-order valence-electron chi connectivity index (χ0n) is 15.0. The molecule has 1 N–H and O–H groups in total. The molecular formula is C19H16Br2N2O4S. The van der Waals surface area contributed by atoms with E-state index in [1.807, 2.05) is 19.1 Å². The molecule has 9 heteroatoms. The fourth-order valence-electron chi connectivity index (χ4n) is 2.48. The molecule has 0 spiro atoms. The molecular weight excluding hydrogens is 512 g/mol. The summed E-state index contributed by atoms with van der Waals surface area (Å²) in [6, 6.07) is 8.86. The Hall–Kier alpha value is -1.97. The fourth-order valence-corrected chi connectivity index (χ4v) is 4.96. The van der Waals surface area contributed by atoms with E-state index < -0.39 is 0 Å². The lowest BCUT2D eigenvalue weighted by Crippen LogP contribution is -2.20. The van der Waals surface area contributed by atoms with Gasteiger partial charge in [0.25, 0.3) is 5.91 Å². The number of anilines is 1. The average molecular weight is 528 g/mol. The average Bonchev–Trinajstić information content (AvgIpc) is 3.02. The SMILES string of the molecule is CCOC(=O)c1ccc2nc(NC(=O)COc3c(C)cc(Br)cc3Br)sc2c1. The van der Waals surface area contributed by atoms with Crippen LogP contribution >= 0.6 is 43.2 Å². The van der Waals surface area contributed by atoms with Gasteiger partial charge in [-0.3, -0.25) is 10.1 Å². The quantitative estimate of drug-likeness (QED) is 0.439. The molecule has 2 aromatic carbocycles. The van der Waals surface area contributed by atoms with E-state index in [1.165, 1.54) is 11.3 Å². The first-order valence-electron chi connectivity index (χ1n) is 8.33. The highest BCUT2D eigenvalue weighted by molar-refractivity contribution is 9.11. The molecule has 0 unspecified atom stereocenters. The van der Waals surface area contributed by atoms with Crippen molar-refractivity contribution in [2.45, 2.75) is 13.8 Å². The topological polar surface area (TPSA) is 77.5 Å². The summed E-state index contributed by atoms with van der Waals surface area (Å²) in [7, 11) is 0. The molecule has 0 fully saturated rings. The molecule has 0 bridgehead atoms. The number of hydrogen-bond donors (Lipinski definition) is 1. The second kappa shape index (κ2) is 9.02. The predicted octanol–water partition coefficient (Wildman–Crippen LogP) is 5.32. The van der Waals surface area contributed by atoms with Crippen LogP contribution in [0, 0.1) is 6.92 Å². The van der Waals surface area contributed by atoms with E-state index in [1.54, 1.807) is 25.1 Å². The second-order valence-electron chi connectivity index (χ2n) is 5.79. The largest absolute Gasteiger partial charge is 0.482 e. The number of aryl methyl sites for hydroxylation is 1. The summed E-state index contributed by atoms with van der Waals surface area (Å²) in [5.41, 5.74) is 2.05. The maximum absolute atomic E-state index is 12.2. The van der Waals surface area contributed by atoms with E-state index in [0.29, 0.717) is 28.6 Å². The molecule has 1 amide bonds. The fraction of sp³-hybridized carbons (Fsp3) is 0.211. The number of nitrogens with zero attached hydrogens (tertiary/aromatic N) is 1. The van der Waals surface area contributed by atoms with Gasteiger partial charge in [-0.2, -0.15) is 0 Å². The molecule has 0 atom stereocenters. The van der Waals surface area contributed by atoms with E-state index >= 15 is 0 Å². The predicted molar refractivity (Wildman–Crippen MR) is 116 cm³/mol. The van der Waals surface area contributed by atoms with Crippen molar-refractivity contribution in [1.29, 1.82) is 0 Å². The lowest BCUT2D eigenvalue weighted by Gasteiger charge is -2.11. The first-order valence-corrected chi connectivity index (χ1v) is 10.7. The highest BCUT2D eigenvalue weighted by Crippen LogP contribution is 2.32. The van der Waals surface area contributed by atoms with E-state index in [4.69, 9.17) is 9.47 Å². The Balaban J connectivity index is 1.67. The Morgan fingerprint density at radius 3 is 2.71 bits per heavy atom. The van der Waals surface area contributed by atoms with Crippen LogP contribution in [0.2, 0.25) is 0 Å². The number of carbonyl (C=O) groups is 2. The van der Waals surface area contributed by atoms with Crippen LogP contribution in [0.1, 0.15) is 22.8 Å². The monoisotopic (exact) mass is 526 g/mol. The molecule has 0 aliphatic carbocycles. The number of halogens is 2. The van der Waals surface area contributed by atoms with Gasteiger partial charge < -0.3 is 9.47 Å². The maximum Gasteiger partial charge on any atom is 0.338 e. The zero-order chi connectivity index (χ0) is 20.3. The first-order chi connectivity index (χ1) is 13.4. The van der Waals surface area contributed by atoms with E-state index in [0.717, 1.165) is 19.2 Å². The second-order valence-corrected chi connectivity index (χ2v) is 8.59. The highest BCUT2D eigenvalue weighted by Gasteiger charge is 2.13. The Bertz CT molecular complexity index is 1030. The number of fused-ring (bicyclic) bond motifs is 1. The van der Waals surface area contributed by atoms with Crippen LogP contribution in [0.15, 0.2) is 39.3 Å². The molecule has 146 valence electrons. The number of hydrogen-bond acceptors (Lipinski definition) is 6. The third kappa shape index (κ3) is 4.89. The minimum Gasteiger partial charge on any atom is -0.482 e. The Kier molecular flexibility index (Phi) is 6.69. The number of amides is 1. The molecule has 3 aromatic rings. The number of esters is 1. The number of aromatic nitrogens is 1. The van der Waals surface area contributed by atoms with Crippen molar-refractivity contribution in [2.24, 2.45) is 0 Å². The Labute approximate surface area is 182 Å². The maximum atomic E-state index is 12.2. The molecule has 1 heterocycles. The van der Waals surface area contributed by atoms with Gasteiger partial charge in [0.1, 0.15) is 5.75 Å². The Morgan fingerprint density at radius 1 is 1.21 bits per heavy atom. The molecule has 3 rings (SSSR count). The normalized spacial score (nSPS) is 10.7. The van der Waals surface area contributed by atoms with Crippen LogP contribution in [0.5, 0.6) is 5.75 Å². The molecule has 28 heavy (non-hydrogen) atoms. The molecule has 0 aliphatic heterocycles. The minimum absolute atomic E-state index is 0.148. The third-order valence-corrected chi connectivity index (χ3v) is 5.67. The lowest BCUT2D eigenvalue weighted by atomic mass is 10.2. The van der Waals surface area contributed by atoms with Crippen LogP contribution in [-0.2, 0) is 9.53 Å². The van der Waals surface area contributed by atoms with Gasteiger partial charge in [0, 0.05) is 4.47 Å². The molecule has 6 nitrogen and oxygen atoms in total. The smallest absolute Gasteiger partial charge is 0.338 e. The van der Waals surface area contributed by atoms with Crippen molar-refractivity contribution < 1.29 is 19.1 Å². The zero-order valence-corrected chi connectivity index (χ0v) is 19.0. The van der Waals surface area contributed by atoms with Crippen LogP contribution in [0.3, 0.4) is 0 Å². The number of rotatable bonds is 6. The van der Waals surface area contributed by atoms with E-state index in [2.05, 4.69) is 42.2 Å². The van der Waals surface area contributed by atoms with Crippen molar-refractivity contribution in [3.05, 3.63) is 50.4 Å². The van der Waals surface area contributed by atoms with Gasteiger partial charge in [-0.25, -0.2) is 9.78 Å². The van der Waals surface area contributed by atoms with Crippen LogP contribution in [-0.4, -0.2) is 30.1 Å². The number of nitrogens with one attached hydrogen (secondary N) is 1. The van der Waals surface area contributed by atoms with Crippen molar-refractivity contribution >= 4 is 70.4 Å². The van der Waals surface area contributed by atoms with Crippen molar-refractivity contribution in [3.8, 4) is 5.75 Å². The summed E-state index contributed by atoms with van der Waals surface area (Å²) >= 11 is 8.13. The van der Waals surface area contributed by atoms with Crippen LogP contribution in [0.25, 0.3) is 10.2 Å². The van der Waals surface area contributed by atoms with E-state index in [9.17, 15) is 9.59 Å². The minimum atomic E-state index is -0.382. The highest BCUT2D eigenvalue weighted by atomic mass is 79.9. The standard InChI is InChI=1S/C19H16Br2N2O4S/c1-3-26-18(25)11-4-5-14-15(7-11)28-19(22-14)23-16(24)9-27-17-10(2)6-12(20)8-13(17)21/h4-8H,3,9H2,1-2H3,(H,22,23,24). The number of benzene rings is 2. The molecule has 0 aliphatic rings.